The Balaban J connectivity index is 1.48. The molecule has 0 fully saturated rings. The van der Waals surface area contributed by atoms with Gasteiger partial charge < -0.3 is 27.7 Å². The molecule has 3 aromatic carbocycles. The number of benzene rings is 3. The van der Waals surface area contributed by atoms with Gasteiger partial charge in [-0.3, -0.25) is 0 Å². The fourth-order valence-electron chi connectivity index (χ4n) is 9.35. The molecule has 0 N–H and O–H groups in total. The molecule has 0 unspecified atom stereocenters. The van der Waals surface area contributed by atoms with E-state index in [1.807, 2.05) is 12.1 Å². The second-order valence-corrected chi connectivity index (χ2v) is 23.5. The van der Waals surface area contributed by atoms with Gasteiger partial charge in [-0.15, -0.1) is 0 Å². The first-order valence-electron chi connectivity index (χ1n) is 22.5. The number of hydrogen-bond acceptors (Lipinski definition) is 8. The molecule has 2 aliphatic heterocycles. The van der Waals surface area contributed by atoms with Gasteiger partial charge in [-0.1, -0.05) is 45.4 Å². The van der Waals surface area contributed by atoms with Crippen LogP contribution in [0.1, 0.15) is 89.8 Å². The van der Waals surface area contributed by atoms with E-state index < -0.39 is 31.1 Å². The van der Waals surface area contributed by atoms with Crippen LogP contribution in [0.2, 0.25) is 0 Å². The first-order chi connectivity index (χ1) is 29.7. The Labute approximate surface area is 383 Å². The van der Waals surface area contributed by atoms with Gasteiger partial charge in [-0.25, -0.2) is 16.8 Å². The fourth-order valence-corrected chi connectivity index (χ4v) is 10.3. The quantitative estimate of drug-likeness (QED) is 0.0748. The Kier molecular flexibility index (Phi) is 14.2. The molecule has 2 heterocycles. The van der Waals surface area contributed by atoms with E-state index in [9.17, 15) is 25.9 Å². The van der Waals surface area contributed by atoms with Crippen LogP contribution >= 0.6 is 0 Å². The summed E-state index contributed by atoms with van der Waals surface area (Å²) in [7, 11) is 3.70. The van der Waals surface area contributed by atoms with E-state index >= 15 is 0 Å². The number of ether oxygens (including phenoxy) is 1. The van der Waals surface area contributed by atoms with E-state index in [1.165, 1.54) is 17.7 Å². The predicted octanol–water partition coefficient (Wildman–Crippen LogP) is 8.70. The lowest BCUT2D eigenvalue weighted by molar-refractivity contribution is -0.871. The molecule has 13 heteroatoms. The molecule has 1 aliphatic carbocycles. The van der Waals surface area contributed by atoms with Crippen LogP contribution in [0.25, 0.3) is 0 Å². The normalized spacial score (nSPS) is 19.0. The van der Waals surface area contributed by atoms with Crippen LogP contribution in [0.5, 0.6) is 5.75 Å². The molecule has 0 spiro atoms. The number of nitrogens with zero attached hydrogens (tertiary/aromatic N) is 4. The van der Waals surface area contributed by atoms with Gasteiger partial charge in [0.25, 0.3) is 0 Å². The minimum Gasteiger partial charge on any atom is -0.744 e. The monoisotopic (exact) mass is 913 g/mol. The summed E-state index contributed by atoms with van der Waals surface area (Å²) < 4.78 is 84.1. The van der Waals surface area contributed by atoms with Crippen LogP contribution in [-0.4, -0.2) is 114 Å². The summed E-state index contributed by atoms with van der Waals surface area (Å²) in [6.07, 6.45) is 14.8. The van der Waals surface area contributed by atoms with Crippen molar-refractivity contribution >= 4 is 37.3 Å². The van der Waals surface area contributed by atoms with Crippen LogP contribution in [0.4, 0.5) is 11.4 Å². The number of hydrogen-bond donors (Lipinski definition) is 0. The van der Waals surface area contributed by atoms with E-state index in [1.54, 1.807) is 24.3 Å². The summed E-state index contributed by atoms with van der Waals surface area (Å²) >= 11 is 0. The average Bonchev–Trinajstić information content (AvgIpc) is 3.53. The van der Waals surface area contributed by atoms with Gasteiger partial charge in [-0.05, 0) is 116 Å². The zero-order chi connectivity index (χ0) is 47.0. The van der Waals surface area contributed by atoms with E-state index in [-0.39, 0.29) is 9.79 Å². The van der Waals surface area contributed by atoms with Gasteiger partial charge >= 0.3 is 0 Å². The molecule has 0 amide bonds. The molecule has 64 heavy (non-hydrogen) atoms. The smallest absolute Gasteiger partial charge is 0.209 e. The van der Waals surface area contributed by atoms with Gasteiger partial charge in [0.05, 0.1) is 77.0 Å². The van der Waals surface area contributed by atoms with Crippen molar-refractivity contribution in [3.05, 3.63) is 124 Å². The highest BCUT2D eigenvalue weighted by Gasteiger charge is 2.45. The van der Waals surface area contributed by atoms with Gasteiger partial charge in [0, 0.05) is 47.5 Å². The van der Waals surface area contributed by atoms with E-state index in [2.05, 4.69) is 123 Å². The average molecular weight is 914 g/mol. The minimum absolute atomic E-state index is 0.230. The van der Waals surface area contributed by atoms with Crippen LogP contribution in [0, 0.1) is 0 Å². The molecule has 0 saturated heterocycles. The van der Waals surface area contributed by atoms with Crippen molar-refractivity contribution in [2.45, 2.75) is 100 Å². The highest BCUT2D eigenvalue weighted by molar-refractivity contribution is 7.86. The Morgan fingerprint density at radius 3 is 1.97 bits per heavy atom. The lowest BCUT2D eigenvalue weighted by atomic mass is 9.81. The maximum absolute atomic E-state index is 12.2. The summed E-state index contributed by atoms with van der Waals surface area (Å²) in [5.74, 6) is 1.51. The fraction of sp³-hybridized carbons (Fsp3) is 0.471. The zero-order valence-electron chi connectivity index (χ0n) is 39.8. The van der Waals surface area contributed by atoms with Gasteiger partial charge in [0.1, 0.15) is 31.7 Å². The molecule has 3 aliphatic rings. The van der Waals surface area contributed by atoms with Crippen LogP contribution in [0.15, 0.2) is 117 Å². The van der Waals surface area contributed by atoms with Crippen LogP contribution in [0.3, 0.4) is 0 Å². The number of quaternary nitrogens is 2. The van der Waals surface area contributed by atoms with Gasteiger partial charge in [-0.2, -0.15) is 4.58 Å². The number of anilines is 1. The van der Waals surface area contributed by atoms with E-state index in [4.69, 9.17) is 4.74 Å². The molecule has 0 radical (unpaired) electrons. The standard InChI is InChI=1S/C51H69N4O7S2/c1-12-16-37-19-23-40(24-20-37)62-49-38(21-29-47-50(2,3)43-35-41(63(56,57)58)25-27-45(43)52(47)31-14-33-54(6,7)8)17-13-18-39(49)22-30-48-51(4,5)44-36-42(64(59,60)61)26-28-46(44)53(48)32-15-34-55(9,10)11/h19-30,35-36H,12-18,31-34H2,1-11H3/q+1. The number of rotatable bonds is 17. The van der Waals surface area contributed by atoms with Crippen molar-refractivity contribution in [3.8, 4) is 5.75 Å². The van der Waals surface area contributed by atoms with Crippen molar-refractivity contribution < 1.29 is 44.2 Å². The van der Waals surface area contributed by atoms with Crippen molar-refractivity contribution in [2.75, 3.05) is 73.4 Å². The number of allylic oxidation sites excluding steroid dienone is 7. The summed E-state index contributed by atoms with van der Waals surface area (Å²) in [5.41, 5.74) is 7.50. The molecule has 0 atom stereocenters. The van der Waals surface area contributed by atoms with Crippen LogP contribution in [-0.2, 0) is 37.5 Å². The summed E-state index contributed by atoms with van der Waals surface area (Å²) in [6.45, 7) is 13.8. The SMILES string of the molecule is CCCc1ccc(OC2=C(/C=C/C3=[N+](CCC[N+](C)(C)C)c4ccc(S(=O)(=O)[O-])cc4C3(C)C)CCC/C2=C\C=C2\N(CCC[N+](C)(C)C)c3ccc(S(=O)(=O)[O-])cc3C2(C)C)cc1. The Bertz CT molecular complexity index is 2640. The van der Waals surface area contributed by atoms with Crippen LogP contribution < -0.4 is 9.64 Å². The molecule has 346 valence electrons. The molecule has 11 nitrogen and oxygen atoms in total. The first kappa shape index (κ1) is 49.1. The highest BCUT2D eigenvalue weighted by Crippen LogP contribution is 2.49. The topological polar surface area (TPSA) is 130 Å². The van der Waals surface area contributed by atoms with Crippen molar-refractivity contribution in [3.63, 3.8) is 0 Å². The number of fused-ring (bicyclic) bond motifs is 2. The lowest BCUT2D eigenvalue weighted by Crippen LogP contribution is -2.37. The predicted molar refractivity (Wildman–Crippen MR) is 254 cm³/mol. The zero-order valence-corrected chi connectivity index (χ0v) is 41.5. The third kappa shape index (κ3) is 11.2. The molecule has 0 aromatic heterocycles. The molecule has 0 saturated carbocycles. The summed E-state index contributed by atoms with van der Waals surface area (Å²) in [6, 6.07) is 17.8. The van der Waals surface area contributed by atoms with E-state index in [0.29, 0.717) is 13.1 Å². The Morgan fingerprint density at radius 2 is 1.36 bits per heavy atom. The second-order valence-electron chi connectivity index (χ2n) is 20.7. The molecule has 0 bridgehead atoms. The van der Waals surface area contributed by atoms with Crippen molar-refractivity contribution in [2.24, 2.45) is 0 Å². The Hall–Kier alpha value is -4.37. The first-order valence-corrected chi connectivity index (χ1v) is 25.4. The third-order valence-electron chi connectivity index (χ3n) is 12.8. The number of aryl methyl sites for hydroxylation is 1. The van der Waals surface area contributed by atoms with Crippen molar-refractivity contribution in [1.82, 2.24) is 0 Å². The minimum atomic E-state index is -4.66. The molecular weight excluding hydrogens is 845 g/mol. The largest absolute Gasteiger partial charge is 0.744 e. The van der Waals surface area contributed by atoms with E-state index in [0.717, 1.165) is 124 Å². The summed E-state index contributed by atoms with van der Waals surface area (Å²) in [4.78, 5) is 1.81. The lowest BCUT2D eigenvalue weighted by Gasteiger charge is -2.29. The van der Waals surface area contributed by atoms with Gasteiger partial charge in [0.2, 0.25) is 5.69 Å². The third-order valence-corrected chi connectivity index (χ3v) is 14.4. The maximum atomic E-state index is 12.2. The molecule has 3 aromatic rings. The molecule has 6 rings (SSSR count). The Morgan fingerprint density at radius 1 is 0.750 bits per heavy atom. The van der Waals surface area contributed by atoms with Gasteiger partial charge in [0.15, 0.2) is 12.3 Å². The second kappa shape index (κ2) is 18.5. The van der Waals surface area contributed by atoms with Crippen molar-refractivity contribution in [1.29, 1.82) is 0 Å². The summed E-state index contributed by atoms with van der Waals surface area (Å²) in [5, 5.41) is 0. The molecular formula is C51H69N4O7S2+. The maximum Gasteiger partial charge on any atom is 0.209 e. The highest BCUT2D eigenvalue weighted by atomic mass is 32.2.